The van der Waals surface area contributed by atoms with Gasteiger partial charge in [-0.1, -0.05) is 155 Å². The molecule has 0 saturated heterocycles. The van der Waals surface area contributed by atoms with E-state index in [1.165, 1.54) is 0 Å². The average Bonchev–Trinajstić information content (AvgIpc) is 2.87. The molecule has 0 N–H and O–H groups in total. The monoisotopic (exact) mass is 696 g/mol. The standard InChI is InChI=1S/C32H72O4S2Si4/c1-13-19-25-41(26-20-14-2,27-21-15-3)31-37(33,35-39(7,8)9)32(38(31,34)36-40(10,11)12)42(28-22-16-4,29-23-17-5)30-24-18-6/h13-30H2,1-12H3. The van der Waals surface area contributed by atoms with Crippen LogP contribution in [0.3, 0.4) is 0 Å². The van der Waals surface area contributed by atoms with Crippen LogP contribution in [0.2, 0.25) is 75.5 Å². The van der Waals surface area contributed by atoms with Crippen molar-refractivity contribution >= 4 is 60.0 Å². The fraction of sp³-hybridized carbons (Fsp3) is 0.938. The Hall–Kier alpha value is 0.828. The molecule has 0 spiro atoms. The Morgan fingerprint density at radius 1 is 0.429 bits per heavy atom. The summed E-state index contributed by atoms with van der Waals surface area (Å²) >= 11 is 0. The third-order valence-corrected chi connectivity index (χ3v) is 37.1. The molecule has 10 heteroatoms. The summed E-state index contributed by atoms with van der Waals surface area (Å²) in [5, 5.41) is 0. The Kier molecular flexibility index (Phi) is 17.2. The van der Waals surface area contributed by atoms with E-state index in [1.807, 2.05) is 0 Å². The number of hydrogen-bond acceptors (Lipinski definition) is 4. The van der Waals surface area contributed by atoms with E-state index in [0.29, 0.717) is 0 Å². The molecule has 0 aromatic heterocycles. The smallest absolute Gasteiger partial charge is 0.205 e. The summed E-state index contributed by atoms with van der Waals surface area (Å²) < 4.78 is 48.5. The van der Waals surface area contributed by atoms with Gasteiger partial charge in [-0.2, -0.15) is 0 Å². The van der Waals surface area contributed by atoms with Gasteiger partial charge in [-0.15, -0.1) is 0 Å². The van der Waals surface area contributed by atoms with Gasteiger partial charge in [0.05, 0.1) is 7.64 Å². The van der Waals surface area contributed by atoms with Crippen LogP contribution >= 0.6 is 0 Å². The molecule has 0 unspecified atom stereocenters. The Balaban J connectivity index is 4.46. The van der Waals surface area contributed by atoms with Crippen molar-refractivity contribution in [2.75, 3.05) is 0 Å². The average molecular weight is 697 g/mol. The summed E-state index contributed by atoms with van der Waals surface area (Å²) in [6, 6.07) is 6.49. The third kappa shape index (κ3) is 10.4. The van der Waals surface area contributed by atoms with Crippen LogP contribution in [0.25, 0.3) is 0 Å². The van der Waals surface area contributed by atoms with Gasteiger partial charge in [0.2, 0.25) is 16.6 Å². The first-order valence-corrected chi connectivity index (χ1v) is 32.8. The molecular formula is C32H72O4S2Si4. The lowest BCUT2D eigenvalue weighted by Crippen LogP contribution is -2.69. The Bertz CT molecular complexity index is 910. The third-order valence-electron chi connectivity index (χ3n) is 8.63. The lowest BCUT2D eigenvalue weighted by atomic mass is 10.4. The maximum Gasteiger partial charge on any atom is 0.205 e. The second-order valence-electron chi connectivity index (χ2n) is 15.2. The van der Waals surface area contributed by atoms with E-state index in [1.54, 1.807) is 0 Å². The molecule has 0 aromatic rings. The van der Waals surface area contributed by atoms with Crippen molar-refractivity contribution in [3.8, 4) is 0 Å². The molecule has 1 heterocycles. The van der Waals surface area contributed by atoms with Crippen molar-refractivity contribution in [1.82, 2.24) is 0 Å². The molecule has 1 aliphatic rings. The predicted molar refractivity (Wildman–Crippen MR) is 205 cm³/mol. The van der Waals surface area contributed by atoms with Gasteiger partial charge < -0.3 is 7.74 Å². The summed E-state index contributed by atoms with van der Waals surface area (Å²) in [6.45, 7) is 26.8. The minimum Gasteiger partial charge on any atom is -0.339 e. The highest BCUT2D eigenvalue weighted by Gasteiger charge is 2.61. The molecule has 42 heavy (non-hydrogen) atoms. The van der Waals surface area contributed by atoms with Gasteiger partial charge in [-0.3, -0.25) is 0 Å². The second-order valence-corrected chi connectivity index (χ2v) is 39.7. The topological polar surface area (TPSA) is 52.6 Å². The molecule has 4 nitrogen and oxygen atoms in total. The zero-order valence-corrected chi connectivity index (χ0v) is 35.8. The van der Waals surface area contributed by atoms with E-state index in [-0.39, 0.29) is 0 Å². The molecule has 0 aromatic carbocycles. The number of unbranched alkanes of at least 4 members (excludes halogenated alkanes) is 6. The summed E-state index contributed by atoms with van der Waals surface area (Å²) in [4.78, 5) is 0. The zero-order chi connectivity index (χ0) is 32.3. The molecule has 0 amide bonds. The minimum atomic E-state index is -2.97. The molecule has 0 fully saturated rings. The molecule has 0 atom stereocenters. The minimum absolute atomic E-state index is 0.902. The predicted octanol–water partition coefficient (Wildman–Crippen LogP) is 11.1. The normalized spacial score (nSPS) is 22.1. The van der Waals surface area contributed by atoms with Gasteiger partial charge in [0.15, 0.2) is 0 Å². The fourth-order valence-electron chi connectivity index (χ4n) is 6.87. The molecule has 0 saturated carbocycles. The first-order chi connectivity index (χ1) is 19.5. The second kappa shape index (κ2) is 17.7. The maximum atomic E-state index is 16.3. The highest BCUT2D eigenvalue weighted by Crippen LogP contribution is 2.46. The highest BCUT2D eigenvalue weighted by atomic mass is 32.3. The Labute approximate surface area is 269 Å². The van der Waals surface area contributed by atoms with Gasteiger partial charge in [0.25, 0.3) is 0 Å². The number of hydrogen-bond donors (Lipinski definition) is 0. The molecular weight excluding hydrogens is 625 g/mol. The highest BCUT2D eigenvalue weighted by molar-refractivity contribution is 8.53. The van der Waals surface area contributed by atoms with Gasteiger partial charge >= 0.3 is 0 Å². The summed E-state index contributed by atoms with van der Waals surface area (Å²) in [6.07, 6.45) is 13.4. The van der Waals surface area contributed by atoms with Crippen LogP contribution in [0, 0.1) is 0 Å². The van der Waals surface area contributed by atoms with Crippen molar-refractivity contribution in [3.63, 3.8) is 0 Å². The van der Waals surface area contributed by atoms with Crippen molar-refractivity contribution in [1.29, 1.82) is 0 Å². The van der Waals surface area contributed by atoms with Crippen LogP contribution in [0.4, 0.5) is 0 Å². The van der Waals surface area contributed by atoms with E-state index in [9.17, 15) is 0 Å². The zero-order valence-electron chi connectivity index (χ0n) is 30.2. The van der Waals surface area contributed by atoms with Crippen LogP contribution < -0.4 is 0 Å². The summed E-state index contributed by atoms with van der Waals surface area (Å²) in [7, 11) is -15.2. The van der Waals surface area contributed by atoms with Crippen molar-refractivity contribution in [2.24, 2.45) is 0 Å². The fourth-order valence-corrected chi connectivity index (χ4v) is 43.9. The van der Waals surface area contributed by atoms with Crippen molar-refractivity contribution in [2.45, 2.75) is 194 Å². The first-order valence-electron chi connectivity index (χ1n) is 17.8. The van der Waals surface area contributed by atoms with Gasteiger partial charge in [-0.05, 0) is 39.3 Å². The first kappa shape index (κ1) is 40.9. The summed E-state index contributed by atoms with van der Waals surface area (Å²) in [5.41, 5.74) is 0. The molecule has 0 radical (unpaired) electrons. The Morgan fingerprint density at radius 3 is 0.762 bits per heavy atom. The van der Waals surface area contributed by atoms with Crippen molar-refractivity contribution < 1.29 is 16.2 Å². The van der Waals surface area contributed by atoms with Crippen LogP contribution in [-0.4, -0.2) is 48.8 Å². The number of rotatable bonds is 24. The quantitative estimate of drug-likeness (QED) is 0.0744. The maximum absolute atomic E-state index is 16.3. The van der Waals surface area contributed by atoms with Gasteiger partial charge in [0, 0.05) is 0 Å². The van der Waals surface area contributed by atoms with Crippen LogP contribution in [0.1, 0.15) is 119 Å². The van der Waals surface area contributed by atoms with E-state index in [0.717, 1.165) is 121 Å². The van der Waals surface area contributed by atoms with Crippen LogP contribution in [0.15, 0.2) is 0 Å². The van der Waals surface area contributed by atoms with Gasteiger partial charge in [0.1, 0.15) is 35.8 Å². The van der Waals surface area contributed by atoms with E-state index in [4.69, 9.17) is 7.74 Å². The largest absolute Gasteiger partial charge is 0.339 e. The Morgan fingerprint density at radius 2 is 0.619 bits per heavy atom. The van der Waals surface area contributed by atoms with Crippen LogP contribution in [-0.2, 0) is 27.3 Å². The van der Waals surface area contributed by atoms with Gasteiger partial charge in [-0.25, -0.2) is 8.42 Å². The van der Waals surface area contributed by atoms with Crippen LogP contribution in [0.5, 0.6) is 0 Å². The van der Waals surface area contributed by atoms with E-state index in [2.05, 4.69) is 80.8 Å². The summed E-state index contributed by atoms with van der Waals surface area (Å²) in [5.74, 6) is 0. The molecule has 0 bridgehead atoms. The molecule has 0 aliphatic carbocycles. The van der Waals surface area contributed by atoms with E-state index < -0.39 is 52.4 Å². The van der Waals surface area contributed by atoms with E-state index >= 15 is 8.42 Å². The SMILES string of the molecule is CCCC[Si](CCCC)(CCCC)C1=S(=O)(O[Si](C)(C)C)C([Si](CCCC)(CCCC)CCCC)=S1(=O)O[Si](C)(C)C. The molecule has 1 rings (SSSR count). The molecule has 252 valence electrons. The van der Waals surface area contributed by atoms with Crippen molar-refractivity contribution in [3.05, 3.63) is 0 Å². The molecule has 1 aliphatic heterocycles. The lowest BCUT2D eigenvalue weighted by Gasteiger charge is -2.51. The lowest BCUT2D eigenvalue weighted by molar-refractivity contribution is 0.562.